The maximum atomic E-state index is 12.8. The quantitative estimate of drug-likeness (QED) is 0.653. The number of nitrogen functional groups attached to an aromatic ring is 1. The van der Waals surface area contributed by atoms with E-state index in [1.54, 1.807) is 42.5 Å². The van der Waals surface area contributed by atoms with E-state index >= 15 is 0 Å². The Morgan fingerprint density at radius 3 is 2.83 bits per heavy atom. The molecule has 0 saturated heterocycles. The molecule has 0 aromatic heterocycles. The second-order valence-corrected chi connectivity index (χ2v) is 5.40. The zero-order chi connectivity index (χ0) is 16.2. The molecule has 5 nitrogen and oxygen atoms in total. The highest BCUT2D eigenvalue weighted by molar-refractivity contribution is 6.00. The van der Waals surface area contributed by atoms with E-state index in [9.17, 15) is 4.79 Å². The summed E-state index contributed by atoms with van der Waals surface area (Å²) in [6.07, 6.45) is 0.910. The standard InChI is InChI=1S/C18H19NO4/c1-2-4-16(23-14-6-3-5-13(19)10-14)18(20)12-7-8-15-17(9-12)22-11-21-15/h3,5-10,16H,2,4,11,19H2,1H3. The average molecular weight is 313 g/mol. The molecule has 1 atom stereocenters. The molecule has 5 heteroatoms. The minimum absolute atomic E-state index is 0.0763. The Balaban J connectivity index is 1.81. The van der Waals surface area contributed by atoms with E-state index in [0.29, 0.717) is 34.9 Å². The molecule has 0 saturated carbocycles. The molecule has 0 bridgehead atoms. The van der Waals surface area contributed by atoms with Crippen LogP contribution in [0.1, 0.15) is 30.1 Å². The molecule has 0 radical (unpaired) electrons. The van der Waals surface area contributed by atoms with Gasteiger partial charge in [0.1, 0.15) is 5.75 Å². The number of ether oxygens (including phenoxy) is 3. The highest BCUT2D eigenvalue weighted by atomic mass is 16.7. The zero-order valence-electron chi connectivity index (χ0n) is 13.0. The van der Waals surface area contributed by atoms with E-state index in [4.69, 9.17) is 19.9 Å². The molecule has 1 heterocycles. The Bertz CT molecular complexity index is 714. The van der Waals surface area contributed by atoms with Crippen LogP contribution in [0.5, 0.6) is 17.2 Å². The predicted octanol–water partition coefficient (Wildman–Crippen LogP) is 3.43. The maximum Gasteiger partial charge on any atom is 0.231 e. The first kappa shape index (κ1) is 15.2. The van der Waals surface area contributed by atoms with Crippen molar-refractivity contribution < 1.29 is 19.0 Å². The Labute approximate surface area is 135 Å². The number of rotatable bonds is 6. The van der Waals surface area contributed by atoms with Crippen molar-refractivity contribution in [3.05, 3.63) is 48.0 Å². The largest absolute Gasteiger partial charge is 0.482 e. The van der Waals surface area contributed by atoms with E-state index in [1.165, 1.54) is 0 Å². The molecule has 3 rings (SSSR count). The summed E-state index contributed by atoms with van der Waals surface area (Å²) in [6, 6.07) is 12.3. The maximum absolute atomic E-state index is 12.8. The van der Waals surface area contributed by atoms with Crippen LogP contribution >= 0.6 is 0 Å². The normalized spacial score (nSPS) is 13.6. The summed E-state index contributed by atoms with van der Waals surface area (Å²) in [7, 11) is 0. The van der Waals surface area contributed by atoms with Gasteiger partial charge in [0, 0.05) is 17.3 Å². The lowest BCUT2D eigenvalue weighted by Gasteiger charge is -2.18. The van der Waals surface area contributed by atoms with Crippen LogP contribution in [0.3, 0.4) is 0 Å². The van der Waals surface area contributed by atoms with Crippen LogP contribution in [0.2, 0.25) is 0 Å². The molecule has 2 aromatic carbocycles. The number of benzene rings is 2. The molecule has 0 amide bonds. The minimum Gasteiger partial charge on any atom is -0.482 e. The van der Waals surface area contributed by atoms with Crippen molar-refractivity contribution in [2.75, 3.05) is 12.5 Å². The van der Waals surface area contributed by atoms with Crippen LogP contribution in [-0.2, 0) is 0 Å². The molecule has 2 N–H and O–H groups in total. The lowest BCUT2D eigenvalue weighted by molar-refractivity contribution is 0.0777. The molecule has 1 aliphatic rings. The molecular formula is C18H19NO4. The smallest absolute Gasteiger partial charge is 0.231 e. The molecule has 1 aliphatic heterocycles. The number of Topliss-reactive ketones (excluding diaryl/α,β-unsaturated/α-hetero) is 1. The molecule has 0 aliphatic carbocycles. The number of fused-ring (bicyclic) bond motifs is 1. The highest BCUT2D eigenvalue weighted by Crippen LogP contribution is 2.33. The summed E-state index contributed by atoms with van der Waals surface area (Å²) in [4.78, 5) is 12.8. The third kappa shape index (κ3) is 3.39. The molecule has 0 fully saturated rings. The van der Waals surface area contributed by atoms with Crippen molar-refractivity contribution in [2.24, 2.45) is 0 Å². The summed E-state index contributed by atoms with van der Waals surface area (Å²) in [6.45, 7) is 2.20. The molecule has 23 heavy (non-hydrogen) atoms. The number of carbonyl (C=O) groups excluding carboxylic acids is 1. The summed E-state index contributed by atoms with van der Waals surface area (Å²) in [5, 5.41) is 0. The van der Waals surface area contributed by atoms with Crippen molar-refractivity contribution in [3.63, 3.8) is 0 Å². The van der Waals surface area contributed by atoms with Gasteiger partial charge in [0.15, 0.2) is 17.6 Å². The molecular weight excluding hydrogens is 294 g/mol. The number of hydrogen-bond acceptors (Lipinski definition) is 5. The van der Waals surface area contributed by atoms with Crippen LogP contribution < -0.4 is 19.9 Å². The lowest BCUT2D eigenvalue weighted by Crippen LogP contribution is -2.27. The van der Waals surface area contributed by atoms with Gasteiger partial charge in [-0.15, -0.1) is 0 Å². The molecule has 1 unspecified atom stereocenters. The van der Waals surface area contributed by atoms with Crippen LogP contribution in [0.4, 0.5) is 5.69 Å². The monoisotopic (exact) mass is 313 g/mol. The fourth-order valence-electron chi connectivity index (χ4n) is 2.49. The van der Waals surface area contributed by atoms with Crippen LogP contribution in [0.15, 0.2) is 42.5 Å². The van der Waals surface area contributed by atoms with Gasteiger partial charge in [-0.2, -0.15) is 0 Å². The van der Waals surface area contributed by atoms with Crippen molar-refractivity contribution in [3.8, 4) is 17.2 Å². The predicted molar refractivity (Wildman–Crippen MR) is 87.1 cm³/mol. The number of carbonyl (C=O) groups is 1. The minimum atomic E-state index is -0.554. The van der Waals surface area contributed by atoms with E-state index in [1.807, 2.05) is 6.92 Å². The van der Waals surface area contributed by atoms with Crippen molar-refractivity contribution in [2.45, 2.75) is 25.9 Å². The van der Waals surface area contributed by atoms with Crippen molar-refractivity contribution >= 4 is 11.5 Å². The summed E-state index contributed by atoms with van der Waals surface area (Å²) in [5.41, 5.74) is 6.92. The first-order valence-corrected chi connectivity index (χ1v) is 7.63. The number of ketones is 1. The first-order chi connectivity index (χ1) is 11.2. The van der Waals surface area contributed by atoms with E-state index in [2.05, 4.69) is 0 Å². The Hall–Kier alpha value is -2.69. The molecule has 0 spiro atoms. The van der Waals surface area contributed by atoms with Gasteiger partial charge in [0.05, 0.1) is 0 Å². The van der Waals surface area contributed by atoms with Gasteiger partial charge in [-0.3, -0.25) is 4.79 Å². The van der Waals surface area contributed by atoms with Gasteiger partial charge >= 0.3 is 0 Å². The van der Waals surface area contributed by atoms with Gasteiger partial charge in [-0.25, -0.2) is 0 Å². The van der Waals surface area contributed by atoms with Gasteiger partial charge in [0.2, 0.25) is 12.6 Å². The second-order valence-electron chi connectivity index (χ2n) is 5.40. The third-order valence-corrected chi connectivity index (χ3v) is 3.64. The van der Waals surface area contributed by atoms with Gasteiger partial charge in [-0.1, -0.05) is 19.4 Å². The number of nitrogens with two attached hydrogens (primary N) is 1. The second kappa shape index (κ2) is 6.60. The Kier molecular flexibility index (Phi) is 4.37. The molecule has 120 valence electrons. The summed E-state index contributed by atoms with van der Waals surface area (Å²) >= 11 is 0. The van der Waals surface area contributed by atoms with Gasteiger partial charge in [-0.05, 0) is 36.8 Å². The highest BCUT2D eigenvalue weighted by Gasteiger charge is 2.24. The topological polar surface area (TPSA) is 70.8 Å². The number of hydrogen-bond donors (Lipinski definition) is 1. The third-order valence-electron chi connectivity index (χ3n) is 3.64. The van der Waals surface area contributed by atoms with Gasteiger partial charge in [0.25, 0.3) is 0 Å². The lowest BCUT2D eigenvalue weighted by atomic mass is 10.0. The van der Waals surface area contributed by atoms with Crippen LogP contribution in [0, 0.1) is 0 Å². The summed E-state index contributed by atoms with van der Waals surface area (Å²) in [5.74, 6) is 1.77. The fourth-order valence-corrected chi connectivity index (χ4v) is 2.49. The van der Waals surface area contributed by atoms with Crippen molar-refractivity contribution in [1.82, 2.24) is 0 Å². The van der Waals surface area contributed by atoms with Crippen LogP contribution in [0.25, 0.3) is 0 Å². The average Bonchev–Trinajstić information content (AvgIpc) is 3.01. The molecule has 2 aromatic rings. The van der Waals surface area contributed by atoms with Crippen LogP contribution in [-0.4, -0.2) is 18.7 Å². The zero-order valence-corrected chi connectivity index (χ0v) is 13.0. The first-order valence-electron chi connectivity index (χ1n) is 7.63. The van der Waals surface area contributed by atoms with Gasteiger partial charge < -0.3 is 19.9 Å². The summed E-state index contributed by atoms with van der Waals surface area (Å²) < 4.78 is 16.5. The van der Waals surface area contributed by atoms with Crippen molar-refractivity contribution in [1.29, 1.82) is 0 Å². The Morgan fingerprint density at radius 1 is 1.22 bits per heavy atom. The van der Waals surface area contributed by atoms with E-state index in [-0.39, 0.29) is 12.6 Å². The number of anilines is 1. The SMILES string of the molecule is CCCC(Oc1cccc(N)c1)C(=O)c1ccc2c(c1)OCO2. The fraction of sp³-hybridized carbons (Fsp3) is 0.278. The van der Waals surface area contributed by atoms with E-state index < -0.39 is 6.10 Å². The Morgan fingerprint density at radius 2 is 2.04 bits per heavy atom. The van der Waals surface area contributed by atoms with E-state index in [0.717, 1.165) is 6.42 Å².